The van der Waals surface area contributed by atoms with E-state index in [1.807, 2.05) is 0 Å². The zero-order valence-corrected chi connectivity index (χ0v) is 17.2. The van der Waals surface area contributed by atoms with E-state index in [4.69, 9.17) is 11.6 Å². The quantitative estimate of drug-likeness (QED) is 0.607. The molecule has 0 fully saturated rings. The Kier molecular flexibility index (Phi) is 5.07. The molecule has 1 aromatic heterocycles. The number of aryl methyl sites for hydroxylation is 1. The van der Waals surface area contributed by atoms with Crippen molar-refractivity contribution >= 4 is 44.9 Å². The minimum Gasteiger partial charge on any atom is -0.288 e. The number of ketones is 1. The van der Waals surface area contributed by atoms with Crippen LogP contribution >= 0.6 is 23.4 Å². The highest BCUT2D eigenvalue weighted by atomic mass is 35.5. The standard InChI is InChI=1S/C18H12ClN5O3S2/c1-24-18(20-22-23-24)28-16-10-15(13-4-2-3-5-14(13)17(16)25)21-29(26,27)12-8-6-11(19)7-9-12/h2-10H,1H3. The molecule has 1 aliphatic carbocycles. The monoisotopic (exact) mass is 445 g/mol. The van der Waals surface area contributed by atoms with Crippen LogP contribution in [0.2, 0.25) is 5.02 Å². The second-order valence-corrected chi connectivity index (χ2v) is 9.03. The number of sulfonamides is 1. The largest absolute Gasteiger partial charge is 0.288 e. The lowest BCUT2D eigenvalue weighted by Gasteiger charge is -2.16. The third-order valence-corrected chi connectivity index (χ3v) is 6.66. The van der Waals surface area contributed by atoms with Gasteiger partial charge in [-0.15, -0.1) is 5.10 Å². The number of Topliss-reactive ketones (excluding diaryl/α,β-unsaturated/α-hetero) is 1. The highest BCUT2D eigenvalue weighted by Crippen LogP contribution is 2.32. The van der Waals surface area contributed by atoms with Gasteiger partial charge in [-0.3, -0.25) is 4.79 Å². The number of carbonyl (C=O) groups excluding carboxylic acids is 1. The Hall–Kier alpha value is -2.82. The summed E-state index contributed by atoms with van der Waals surface area (Å²) in [5, 5.41) is 12.0. The number of thioether (sulfide) groups is 1. The van der Waals surface area contributed by atoms with Crippen molar-refractivity contribution in [2.24, 2.45) is 11.4 Å². The third kappa shape index (κ3) is 3.86. The van der Waals surface area contributed by atoms with E-state index >= 15 is 0 Å². The van der Waals surface area contributed by atoms with E-state index < -0.39 is 10.0 Å². The average Bonchev–Trinajstić information content (AvgIpc) is 3.10. The molecule has 0 atom stereocenters. The van der Waals surface area contributed by atoms with E-state index in [2.05, 4.69) is 19.9 Å². The Morgan fingerprint density at radius 3 is 2.41 bits per heavy atom. The van der Waals surface area contributed by atoms with E-state index in [1.54, 1.807) is 31.3 Å². The number of fused-ring (bicyclic) bond motifs is 1. The van der Waals surface area contributed by atoms with Crippen LogP contribution in [0.3, 0.4) is 0 Å². The van der Waals surface area contributed by atoms with Crippen LogP contribution in [0.15, 0.2) is 74.0 Å². The maximum Gasteiger partial charge on any atom is 0.282 e. The van der Waals surface area contributed by atoms with Crippen LogP contribution in [0, 0.1) is 0 Å². The number of benzene rings is 2. The van der Waals surface area contributed by atoms with Gasteiger partial charge in [0.2, 0.25) is 10.9 Å². The lowest BCUT2D eigenvalue weighted by atomic mass is 9.94. The topological polar surface area (TPSA) is 107 Å². The van der Waals surface area contributed by atoms with Crippen molar-refractivity contribution in [3.8, 4) is 0 Å². The van der Waals surface area contributed by atoms with Crippen LogP contribution in [0.25, 0.3) is 0 Å². The van der Waals surface area contributed by atoms with Crippen molar-refractivity contribution in [2.45, 2.75) is 10.1 Å². The minimum atomic E-state index is -4.01. The summed E-state index contributed by atoms with van der Waals surface area (Å²) < 4.78 is 31.0. The van der Waals surface area contributed by atoms with Crippen molar-refractivity contribution < 1.29 is 13.2 Å². The van der Waals surface area contributed by atoms with Gasteiger partial charge in [0, 0.05) is 23.2 Å². The molecule has 2 aromatic carbocycles. The molecule has 3 aromatic rings. The van der Waals surface area contributed by atoms with E-state index in [0.29, 0.717) is 21.3 Å². The fraction of sp³-hybridized carbons (Fsp3) is 0.0556. The van der Waals surface area contributed by atoms with Crippen molar-refractivity contribution in [3.63, 3.8) is 0 Å². The summed E-state index contributed by atoms with van der Waals surface area (Å²) in [5.41, 5.74) is 0.959. The second-order valence-electron chi connectivity index (χ2n) is 5.98. The Morgan fingerprint density at radius 2 is 1.76 bits per heavy atom. The van der Waals surface area contributed by atoms with Crippen LogP contribution in [0.5, 0.6) is 0 Å². The first kappa shape index (κ1) is 19.5. The highest BCUT2D eigenvalue weighted by molar-refractivity contribution is 8.04. The zero-order chi connectivity index (χ0) is 20.6. The van der Waals surface area contributed by atoms with Crippen molar-refractivity contribution in [2.75, 3.05) is 0 Å². The fourth-order valence-electron chi connectivity index (χ4n) is 2.65. The predicted octanol–water partition coefficient (Wildman–Crippen LogP) is 2.91. The van der Waals surface area contributed by atoms with Gasteiger partial charge in [0.1, 0.15) is 0 Å². The second kappa shape index (κ2) is 7.54. The summed E-state index contributed by atoms with van der Waals surface area (Å²) in [6.07, 6.45) is 1.44. The summed E-state index contributed by atoms with van der Waals surface area (Å²) in [7, 11) is -2.37. The maximum absolute atomic E-state index is 12.9. The molecular weight excluding hydrogens is 434 g/mol. The molecule has 0 unspecified atom stereocenters. The Balaban J connectivity index is 1.83. The molecule has 8 nitrogen and oxygen atoms in total. The van der Waals surface area contributed by atoms with Gasteiger partial charge in [-0.2, -0.15) is 12.8 Å². The molecule has 0 radical (unpaired) electrons. The number of aromatic nitrogens is 4. The molecule has 0 bridgehead atoms. The Bertz CT molecular complexity index is 1280. The number of tetrazole rings is 1. The smallest absolute Gasteiger partial charge is 0.282 e. The molecular formula is C18H12ClN5O3S2. The van der Waals surface area contributed by atoms with Crippen LogP contribution in [0.4, 0.5) is 0 Å². The van der Waals surface area contributed by atoms with Crippen LogP contribution in [0.1, 0.15) is 15.9 Å². The summed E-state index contributed by atoms with van der Waals surface area (Å²) in [5.74, 6) is -0.253. The normalized spacial score (nSPS) is 15.3. The molecule has 1 heterocycles. The predicted molar refractivity (Wildman–Crippen MR) is 109 cm³/mol. The average molecular weight is 446 g/mol. The van der Waals surface area contributed by atoms with Gasteiger partial charge >= 0.3 is 0 Å². The van der Waals surface area contributed by atoms with Crippen LogP contribution in [-0.2, 0) is 17.1 Å². The number of rotatable bonds is 4. The number of hydrogen-bond donors (Lipinski definition) is 0. The van der Waals surface area contributed by atoms with Gasteiger partial charge in [-0.25, -0.2) is 4.68 Å². The van der Waals surface area contributed by atoms with E-state index in [9.17, 15) is 13.2 Å². The molecule has 0 spiro atoms. The van der Waals surface area contributed by atoms with Crippen molar-refractivity contribution in [1.29, 1.82) is 0 Å². The third-order valence-electron chi connectivity index (χ3n) is 4.05. The van der Waals surface area contributed by atoms with E-state index in [1.165, 1.54) is 35.0 Å². The van der Waals surface area contributed by atoms with Gasteiger partial charge in [0.25, 0.3) is 10.0 Å². The molecule has 0 amide bonds. The molecule has 29 heavy (non-hydrogen) atoms. The van der Waals surface area contributed by atoms with Gasteiger partial charge in [-0.1, -0.05) is 35.9 Å². The number of halogens is 1. The number of nitrogens with zero attached hydrogens (tertiary/aromatic N) is 5. The molecule has 1 aliphatic rings. The van der Waals surface area contributed by atoms with Gasteiger partial charge in [0.05, 0.1) is 15.5 Å². The van der Waals surface area contributed by atoms with Gasteiger partial charge in [0.15, 0.2) is 0 Å². The maximum atomic E-state index is 12.9. The minimum absolute atomic E-state index is 0.00360. The molecule has 146 valence electrons. The molecule has 0 N–H and O–H groups in total. The lowest BCUT2D eigenvalue weighted by Crippen LogP contribution is -2.17. The highest BCUT2D eigenvalue weighted by Gasteiger charge is 2.27. The molecule has 0 saturated carbocycles. The van der Waals surface area contributed by atoms with Gasteiger partial charge < -0.3 is 0 Å². The summed E-state index contributed by atoms with van der Waals surface area (Å²) in [6, 6.07) is 12.4. The lowest BCUT2D eigenvalue weighted by molar-refractivity contribution is 0.104. The Morgan fingerprint density at radius 1 is 1.07 bits per heavy atom. The SMILES string of the molecule is Cn1nnnc1SC1=CC(=NS(=O)(=O)c2ccc(Cl)cc2)c2ccccc2C1=O. The number of carbonyl (C=O) groups is 1. The first-order chi connectivity index (χ1) is 13.8. The van der Waals surface area contributed by atoms with E-state index in [0.717, 1.165) is 11.8 Å². The van der Waals surface area contributed by atoms with E-state index in [-0.39, 0.29) is 21.3 Å². The number of hydrogen-bond acceptors (Lipinski definition) is 7. The Labute approximate surface area is 175 Å². The molecule has 0 aliphatic heterocycles. The summed E-state index contributed by atoms with van der Waals surface area (Å²) >= 11 is 6.88. The summed E-state index contributed by atoms with van der Waals surface area (Å²) in [6.45, 7) is 0. The number of allylic oxidation sites excluding steroid dienone is 2. The fourth-order valence-corrected chi connectivity index (χ4v) is 4.59. The first-order valence-corrected chi connectivity index (χ1v) is 10.9. The van der Waals surface area contributed by atoms with Gasteiger partial charge in [-0.05, 0) is 52.5 Å². The first-order valence-electron chi connectivity index (χ1n) is 8.22. The van der Waals surface area contributed by atoms with Crippen LogP contribution < -0.4 is 0 Å². The van der Waals surface area contributed by atoms with Crippen molar-refractivity contribution in [3.05, 3.63) is 75.7 Å². The summed E-state index contributed by atoms with van der Waals surface area (Å²) in [4.78, 5) is 13.2. The molecule has 4 rings (SSSR count). The van der Waals surface area contributed by atoms with Crippen LogP contribution in [-0.4, -0.2) is 40.1 Å². The molecule has 11 heteroatoms. The van der Waals surface area contributed by atoms with Crippen molar-refractivity contribution in [1.82, 2.24) is 20.2 Å². The zero-order valence-electron chi connectivity index (χ0n) is 14.9. The molecule has 0 saturated heterocycles.